The van der Waals surface area contributed by atoms with Gasteiger partial charge in [0.25, 0.3) is 0 Å². The number of benzene rings is 1. The molecular weight excluding hydrogens is 366 g/mol. The molecule has 6 heteroatoms. The van der Waals surface area contributed by atoms with Gasteiger partial charge in [-0.2, -0.15) is 11.8 Å². The summed E-state index contributed by atoms with van der Waals surface area (Å²) < 4.78 is 11.4. The fraction of sp³-hybridized carbons (Fsp3) is 0.450. The lowest BCUT2D eigenvalue weighted by atomic mass is 10.2. The van der Waals surface area contributed by atoms with E-state index in [4.69, 9.17) is 9.47 Å². The number of nitrogens with zero attached hydrogens (tertiary/aromatic N) is 1. The van der Waals surface area contributed by atoms with E-state index in [9.17, 15) is 4.79 Å². The number of hydrogen-bond acceptors (Lipinski definition) is 5. The molecule has 0 N–H and O–H groups in total. The van der Waals surface area contributed by atoms with Crippen molar-refractivity contribution in [2.75, 3.05) is 25.2 Å². The molecule has 26 heavy (non-hydrogen) atoms. The van der Waals surface area contributed by atoms with Crippen molar-refractivity contribution >= 4 is 29.0 Å². The molecular formula is C20H27NO3S2. The van der Waals surface area contributed by atoms with Crippen LogP contribution in [-0.2, 0) is 17.9 Å². The minimum Gasteiger partial charge on any atom is -0.493 e. The van der Waals surface area contributed by atoms with Gasteiger partial charge in [-0.05, 0) is 48.2 Å². The van der Waals surface area contributed by atoms with Crippen LogP contribution in [0, 0.1) is 0 Å². The molecule has 0 atom stereocenters. The Morgan fingerprint density at radius 3 is 2.73 bits per heavy atom. The third kappa shape index (κ3) is 6.25. The van der Waals surface area contributed by atoms with E-state index in [0.29, 0.717) is 31.2 Å². The maximum atomic E-state index is 12.4. The molecule has 0 saturated heterocycles. The first kappa shape index (κ1) is 20.6. The predicted molar refractivity (Wildman–Crippen MR) is 110 cm³/mol. The molecule has 1 heterocycles. The number of thioether (sulfide) groups is 1. The third-order valence-corrected chi connectivity index (χ3v) is 5.86. The van der Waals surface area contributed by atoms with Crippen LogP contribution >= 0.6 is 23.1 Å². The van der Waals surface area contributed by atoms with Gasteiger partial charge in [-0.15, -0.1) is 11.3 Å². The lowest BCUT2D eigenvalue weighted by Gasteiger charge is -2.21. The monoisotopic (exact) mass is 393 g/mol. The van der Waals surface area contributed by atoms with E-state index < -0.39 is 0 Å². The fourth-order valence-corrected chi connectivity index (χ4v) is 3.87. The topological polar surface area (TPSA) is 38.8 Å². The van der Waals surface area contributed by atoms with Crippen LogP contribution in [0.2, 0.25) is 0 Å². The Hall–Kier alpha value is -1.66. The molecule has 0 aliphatic heterocycles. The van der Waals surface area contributed by atoms with Crippen LogP contribution in [-0.4, -0.2) is 36.0 Å². The first-order chi connectivity index (χ1) is 12.7. The molecule has 1 aromatic carbocycles. The van der Waals surface area contributed by atoms with Crippen molar-refractivity contribution < 1.29 is 14.3 Å². The Morgan fingerprint density at radius 1 is 1.23 bits per heavy atom. The van der Waals surface area contributed by atoms with Crippen LogP contribution in [0.4, 0.5) is 0 Å². The Bertz CT molecular complexity index is 674. The summed E-state index contributed by atoms with van der Waals surface area (Å²) in [6.45, 7) is 5.96. The van der Waals surface area contributed by atoms with Crippen molar-refractivity contribution in [1.29, 1.82) is 0 Å². The van der Waals surface area contributed by atoms with Crippen molar-refractivity contribution in [3.8, 4) is 11.5 Å². The van der Waals surface area contributed by atoms with Crippen LogP contribution in [0.25, 0.3) is 0 Å². The maximum absolute atomic E-state index is 12.4. The van der Waals surface area contributed by atoms with E-state index in [1.165, 1.54) is 4.88 Å². The van der Waals surface area contributed by atoms with Gasteiger partial charge in [0.1, 0.15) is 6.61 Å². The molecule has 0 spiro atoms. The third-order valence-electron chi connectivity index (χ3n) is 3.86. The molecule has 0 radical (unpaired) electrons. The molecule has 0 aliphatic carbocycles. The zero-order valence-corrected chi connectivity index (χ0v) is 17.3. The largest absolute Gasteiger partial charge is 0.493 e. The van der Waals surface area contributed by atoms with Gasteiger partial charge in [0, 0.05) is 18.0 Å². The smallest absolute Gasteiger partial charge is 0.232 e. The highest BCUT2D eigenvalue weighted by Gasteiger charge is 2.14. The lowest BCUT2D eigenvalue weighted by Crippen LogP contribution is -2.31. The van der Waals surface area contributed by atoms with Gasteiger partial charge in [0.2, 0.25) is 5.91 Å². The van der Waals surface area contributed by atoms with E-state index >= 15 is 0 Å². The molecule has 1 amide bonds. The quantitative estimate of drug-likeness (QED) is 0.513. The number of amides is 1. The van der Waals surface area contributed by atoms with E-state index in [1.54, 1.807) is 30.2 Å². The summed E-state index contributed by atoms with van der Waals surface area (Å²) in [5.41, 5.74) is 1.04. The SMILES string of the molecule is CCCSCC(=O)N(CC)Cc1ccc(OCc2cccs2)c(OC)c1. The summed E-state index contributed by atoms with van der Waals surface area (Å²) in [7, 11) is 1.64. The van der Waals surface area contributed by atoms with Gasteiger partial charge in [-0.25, -0.2) is 0 Å². The van der Waals surface area contributed by atoms with E-state index in [2.05, 4.69) is 6.92 Å². The van der Waals surface area contributed by atoms with Crippen molar-refractivity contribution in [2.45, 2.75) is 33.4 Å². The van der Waals surface area contributed by atoms with E-state index in [-0.39, 0.29) is 5.91 Å². The van der Waals surface area contributed by atoms with Crippen LogP contribution in [0.3, 0.4) is 0 Å². The molecule has 0 saturated carbocycles. The zero-order valence-electron chi connectivity index (χ0n) is 15.7. The molecule has 0 unspecified atom stereocenters. The van der Waals surface area contributed by atoms with Crippen LogP contribution in [0.15, 0.2) is 35.7 Å². The number of hydrogen-bond donors (Lipinski definition) is 0. The molecule has 0 aliphatic rings. The van der Waals surface area contributed by atoms with Crippen molar-refractivity contribution in [1.82, 2.24) is 4.90 Å². The first-order valence-corrected chi connectivity index (χ1v) is 10.9. The summed E-state index contributed by atoms with van der Waals surface area (Å²) >= 11 is 3.37. The normalized spacial score (nSPS) is 10.6. The second kappa shape index (κ2) is 11.1. The molecule has 0 fully saturated rings. The molecule has 2 aromatic rings. The number of carbonyl (C=O) groups is 1. The van der Waals surface area contributed by atoms with Gasteiger partial charge >= 0.3 is 0 Å². The summed E-state index contributed by atoms with van der Waals surface area (Å²) in [6, 6.07) is 9.94. The van der Waals surface area contributed by atoms with Crippen molar-refractivity contribution in [2.24, 2.45) is 0 Å². The van der Waals surface area contributed by atoms with Gasteiger partial charge < -0.3 is 14.4 Å². The highest BCUT2D eigenvalue weighted by molar-refractivity contribution is 7.99. The van der Waals surface area contributed by atoms with Gasteiger partial charge in [-0.3, -0.25) is 4.79 Å². The average Bonchev–Trinajstić information content (AvgIpc) is 3.18. The minimum atomic E-state index is 0.183. The maximum Gasteiger partial charge on any atom is 0.232 e. The fourth-order valence-electron chi connectivity index (χ4n) is 2.47. The number of ether oxygens (including phenoxy) is 2. The summed E-state index contributed by atoms with van der Waals surface area (Å²) in [5, 5.41) is 2.04. The number of thiophene rings is 1. The zero-order chi connectivity index (χ0) is 18.8. The second-order valence-electron chi connectivity index (χ2n) is 5.81. The van der Waals surface area contributed by atoms with Crippen LogP contribution in [0.5, 0.6) is 11.5 Å². The first-order valence-electron chi connectivity index (χ1n) is 8.85. The molecule has 142 valence electrons. The standard InChI is InChI=1S/C20H27NO3S2/c1-4-10-25-15-20(22)21(5-2)13-16-8-9-18(19(12-16)23-3)24-14-17-7-6-11-26-17/h6-9,11-12H,4-5,10,13-15H2,1-3H3. The Labute approximate surface area is 164 Å². The minimum absolute atomic E-state index is 0.183. The highest BCUT2D eigenvalue weighted by atomic mass is 32.2. The van der Waals surface area contributed by atoms with Gasteiger partial charge in [0.05, 0.1) is 12.9 Å². The number of rotatable bonds is 11. The summed E-state index contributed by atoms with van der Waals surface area (Å²) in [5.74, 6) is 3.16. The van der Waals surface area contributed by atoms with Gasteiger partial charge in [-0.1, -0.05) is 19.1 Å². The Balaban J connectivity index is 1.99. The second-order valence-corrected chi connectivity index (χ2v) is 7.95. The van der Waals surface area contributed by atoms with Gasteiger partial charge in [0.15, 0.2) is 11.5 Å². The van der Waals surface area contributed by atoms with Crippen molar-refractivity contribution in [3.63, 3.8) is 0 Å². The average molecular weight is 394 g/mol. The highest BCUT2D eigenvalue weighted by Crippen LogP contribution is 2.29. The molecule has 1 aromatic heterocycles. The van der Waals surface area contributed by atoms with Crippen LogP contribution < -0.4 is 9.47 Å². The molecule has 2 rings (SSSR count). The molecule has 0 bridgehead atoms. The van der Waals surface area contributed by atoms with E-state index in [0.717, 1.165) is 23.5 Å². The van der Waals surface area contributed by atoms with Crippen LogP contribution in [0.1, 0.15) is 30.7 Å². The predicted octanol–water partition coefficient (Wildman–Crippen LogP) is 4.83. The van der Waals surface area contributed by atoms with E-state index in [1.807, 2.05) is 47.5 Å². The molecule has 4 nitrogen and oxygen atoms in total. The number of carbonyl (C=O) groups excluding carboxylic acids is 1. The van der Waals surface area contributed by atoms with Crippen molar-refractivity contribution in [3.05, 3.63) is 46.2 Å². The number of methoxy groups -OCH3 is 1. The Morgan fingerprint density at radius 2 is 2.08 bits per heavy atom. The summed E-state index contributed by atoms with van der Waals surface area (Å²) in [4.78, 5) is 15.4. The lowest BCUT2D eigenvalue weighted by molar-refractivity contribution is -0.128. The Kier molecular flexibility index (Phi) is 8.85. The summed E-state index contributed by atoms with van der Waals surface area (Å²) in [6.07, 6.45) is 1.09.